The fourth-order valence-electron chi connectivity index (χ4n) is 3.71. The minimum absolute atomic E-state index is 0.148. The molecule has 1 aromatic carbocycles. The molecule has 2 N–H and O–H groups in total. The van der Waals surface area contributed by atoms with E-state index in [1.807, 2.05) is 22.8 Å². The lowest BCUT2D eigenvalue weighted by atomic mass is 10.0. The van der Waals surface area contributed by atoms with Crippen molar-refractivity contribution in [3.63, 3.8) is 0 Å². The van der Waals surface area contributed by atoms with Crippen LogP contribution < -0.4 is 0 Å². The van der Waals surface area contributed by atoms with Gasteiger partial charge in [-0.3, -0.25) is 9.67 Å². The molecule has 0 radical (unpaired) electrons. The number of unbranched alkanes of at least 4 members (excludes halogenated alkanes) is 7. The van der Waals surface area contributed by atoms with Crippen LogP contribution in [-0.4, -0.2) is 26.0 Å². The summed E-state index contributed by atoms with van der Waals surface area (Å²) in [6.45, 7) is 2.23. The third-order valence-electron chi connectivity index (χ3n) is 5.50. The number of aliphatic hydroxyl groups excluding tert-OH is 1. The molecule has 0 fully saturated rings. The SMILES string of the molecule is CCCCC/C=C\CCC(O)CCCCCCCc1n[nH]c(=S)n1-c1ccccc1. The van der Waals surface area contributed by atoms with Crippen molar-refractivity contribution in [2.45, 2.75) is 96.5 Å². The van der Waals surface area contributed by atoms with Crippen molar-refractivity contribution in [3.8, 4) is 5.69 Å². The van der Waals surface area contributed by atoms with Crippen molar-refractivity contribution in [3.05, 3.63) is 53.1 Å². The molecule has 0 saturated heterocycles. The van der Waals surface area contributed by atoms with Crippen molar-refractivity contribution >= 4 is 12.2 Å². The first kappa shape index (κ1) is 24.5. The second-order valence-corrected chi connectivity index (χ2v) is 8.51. The van der Waals surface area contributed by atoms with E-state index in [2.05, 4.69) is 41.4 Å². The van der Waals surface area contributed by atoms with Gasteiger partial charge in [-0.05, 0) is 62.9 Å². The van der Waals surface area contributed by atoms with Crippen LogP contribution in [0.25, 0.3) is 5.69 Å². The number of H-pyrrole nitrogens is 1. The van der Waals surface area contributed by atoms with Crippen LogP contribution in [0, 0.1) is 4.77 Å². The topological polar surface area (TPSA) is 53.8 Å². The standard InChI is InChI=1S/C25H39N3OS/c1-2-3-4-5-6-8-14-19-23(29)20-15-9-7-10-16-21-24-26-27-25(30)28(24)22-17-12-11-13-18-22/h6,8,11-13,17-18,23,29H,2-5,7,9-10,14-16,19-21H2,1H3,(H,27,30)/b8-6-. The van der Waals surface area contributed by atoms with Gasteiger partial charge in [0.1, 0.15) is 5.82 Å². The van der Waals surface area contributed by atoms with Crippen LogP contribution in [0.1, 0.15) is 89.8 Å². The number of hydrogen-bond donors (Lipinski definition) is 2. The minimum atomic E-state index is -0.148. The second-order valence-electron chi connectivity index (χ2n) is 8.12. The summed E-state index contributed by atoms with van der Waals surface area (Å²) >= 11 is 5.39. The Morgan fingerprint density at radius 3 is 2.50 bits per heavy atom. The molecule has 0 spiro atoms. The van der Waals surface area contributed by atoms with E-state index >= 15 is 0 Å². The van der Waals surface area contributed by atoms with Gasteiger partial charge in [-0.25, -0.2) is 0 Å². The molecule has 0 aliphatic carbocycles. The van der Waals surface area contributed by atoms with Gasteiger partial charge >= 0.3 is 0 Å². The van der Waals surface area contributed by atoms with Gasteiger partial charge in [-0.2, -0.15) is 5.10 Å². The van der Waals surface area contributed by atoms with E-state index in [9.17, 15) is 5.11 Å². The molecule has 1 atom stereocenters. The van der Waals surface area contributed by atoms with Gasteiger partial charge in [-0.1, -0.05) is 75.8 Å². The van der Waals surface area contributed by atoms with Crippen LogP contribution in [0.4, 0.5) is 0 Å². The summed E-state index contributed by atoms with van der Waals surface area (Å²) in [6.07, 6.45) is 19.0. The summed E-state index contributed by atoms with van der Waals surface area (Å²) in [5, 5.41) is 17.5. The quantitative estimate of drug-likeness (QED) is 0.170. The first-order valence-electron chi connectivity index (χ1n) is 11.8. The first-order chi connectivity index (χ1) is 14.7. The third-order valence-corrected chi connectivity index (χ3v) is 5.78. The Balaban J connectivity index is 1.53. The van der Waals surface area contributed by atoms with Crippen LogP contribution >= 0.6 is 12.2 Å². The van der Waals surface area contributed by atoms with Crippen LogP contribution in [-0.2, 0) is 6.42 Å². The Morgan fingerprint density at radius 2 is 1.70 bits per heavy atom. The Bertz CT molecular complexity index is 766. The normalized spacial score (nSPS) is 12.6. The Kier molecular flexibility index (Phi) is 12.4. The van der Waals surface area contributed by atoms with E-state index < -0.39 is 0 Å². The number of hydrogen-bond acceptors (Lipinski definition) is 3. The number of aliphatic hydroxyl groups is 1. The van der Waals surface area contributed by atoms with Crippen LogP contribution in [0.15, 0.2) is 42.5 Å². The molecule has 0 bridgehead atoms. The van der Waals surface area contributed by atoms with Crippen molar-refractivity contribution in [1.82, 2.24) is 14.8 Å². The highest BCUT2D eigenvalue weighted by Crippen LogP contribution is 2.15. The van der Waals surface area contributed by atoms with Crippen molar-refractivity contribution in [2.24, 2.45) is 0 Å². The van der Waals surface area contributed by atoms with E-state index in [-0.39, 0.29) is 6.10 Å². The summed E-state index contributed by atoms with van der Waals surface area (Å²) in [7, 11) is 0. The van der Waals surface area contributed by atoms with Crippen LogP contribution in [0.2, 0.25) is 0 Å². The highest BCUT2D eigenvalue weighted by Gasteiger charge is 2.08. The van der Waals surface area contributed by atoms with Crippen molar-refractivity contribution in [2.75, 3.05) is 0 Å². The fraction of sp³-hybridized carbons (Fsp3) is 0.600. The molecule has 1 aromatic heterocycles. The molecular weight excluding hydrogens is 390 g/mol. The first-order valence-corrected chi connectivity index (χ1v) is 12.2. The number of nitrogens with one attached hydrogen (secondary N) is 1. The number of para-hydroxylation sites is 1. The highest BCUT2D eigenvalue weighted by molar-refractivity contribution is 7.71. The molecule has 0 amide bonds. The van der Waals surface area contributed by atoms with Gasteiger partial charge in [0.25, 0.3) is 0 Å². The van der Waals surface area contributed by atoms with Gasteiger partial charge in [0.15, 0.2) is 4.77 Å². The zero-order valence-corrected chi connectivity index (χ0v) is 19.4. The molecule has 1 unspecified atom stereocenters. The summed E-state index contributed by atoms with van der Waals surface area (Å²) in [4.78, 5) is 0. The predicted octanol–water partition coefficient (Wildman–Crippen LogP) is 7.09. The second kappa shape index (κ2) is 15.1. The Labute approximate surface area is 187 Å². The van der Waals surface area contributed by atoms with Gasteiger partial charge in [0.2, 0.25) is 0 Å². The smallest absolute Gasteiger partial charge is 0.199 e. The monoisotopic (exact) mass is 429 g/mol. The molecular formula is C25H39N3OS. The van der Waals surface area contributed by atoms with Crippen LogP contribution in [0.3, 0.4) is 0 Å². The molecule has 0 aliphatic rings. The van der Waals surface area contributed by atoms with Gasteiger partial charge < -0.3 is 5.11 Å². The van der Waals surface area contributed by atoms with Gasteiger partial charge in [0.05, 0.1) is 6.10 Å². The maximum Gasteiger partial charge on any atom is 0.199 e. The number of benzene rings is 1. The molecule has 1 heterocycles. The number of aryl methyl sites for hydroxylation is 1. The molecule has 4 nitrogen and oxygen atoms in total. The molecule has 166 valence electrons. The van der Waals surface area contributed by atoms with E-state index in [1.54, 1.807) is 0 Å². The lowest BCUT2D eigenvalue weighted by Crippen LogP contribution is -2.05. The largest absolute Gasteiger partial charge is 0.393 e. The Morgan fingerprint density at radius 1 is 0.967 bits per heavy atom. The van der Waals surface area contributed by atoms with E-state index in [4.69, 9.17) is 12.2 Å². The van der Waals surface area contributed by atoms with E-state index in [0.717, 1.165) is 50.0 Å². The molecule has 0 aliphatic heterocycles. The fourth-order valence-corrected chi connectivity index (χ4v) is 3.97. The van der Waals surface area contributed by atoms with Crippen molar-refractivity contribution in [1.29, 1.82) is 0 Å². The van der Waals surface area contributed by atoms with E-state index in [0.29, 0.717) is 4.77 Å². The minimum Gasteiger partial charge on any atom is -0.393 e. The van der Waals surface area contributed by atoms with Crippen LogP contribution in [0.5, 0.6) is 0 Å². The van der Waals surface area contributed by atoms with Gasteiger partial charge in [0, 0.05) is 12.1 Å². The molecule has 30 heavy (non-hydrogen) atoms. The molecule has 5 heteroatoms. The number of aromatic nitrogens is 3. The molecule has 2 aromatic rings. The molecule has 2 rings (SSSR count). The summed E-state index contributed by atoms with van der Waals surface area (Å²) < 4.78 is 2.69. The van der Waals surface area contributed by atoms with Gasteiger partial charge in [-0.15, -0.1) is 0 Å². The maximum atomic E-state index is 10.1. The maximum absolute atomic E-state index is 10.1. The molecule has 0 saturated carbocycles. The third kappa shape index (κ3) is 9.40. The Hall–Kier alpha value is -1.72. The zero-order chi connectivity index (χ0) is 21.4. The summed E-state index contributed by atoms with van der Waals surface area (Å²) in [5.41, 5.74) is 1.07. The number of rotatable bonds is 16. The summed E-state index contributed by atoms with van der Waals surface area (Å²) in [5.74, 6) is 1.00. The highest BCUT2D eigenvalue weighted by atomic mass is 32.1. The predicted molar refractivity (Wildman–Crippen MR) is 129 cm³/mol. The number of nitrogens with zero attached hydrogens (tertiary/aromatic N) is 2. The van der Waals surface area contributed by atoms with Crippen molar-refractivity contribution < 1.29 is 5.11 Å². The lowest BCUT2D eigenvalue weighted by molar-refractivity contribution is 0.152. The average Bonchev–Trinajstić information content (AvgIpc) is 3.13. The summed E-state index contributed by atoms with van der Waals surface area (Å²) in [6, 6.07) is 10.2. The lowest BCUT2D eigenvalue weighted by Gasteiger charge is -2.09. The average molecular weight is 430 g/mol. The number of allylic oxidation sites excluding steroid dienone is 2. The zero-order valence-electron chi connectivity index (χ0n) is 18.6. The van der Waals surface area contributed by atoms with E-state index in [1.165, 1.54) is 44.9 Å². The number of aromatic amines is 1.